The number of nitrogens with zero attached hydrogens (tertiary/aromatic N) is 3. The number of ether oxygens (including phenoxy) is 1. The van der Waals surface area contributed by atoms with E-state index in [1.54, 1.807) is 25.7 Å². The van der Waals surface area contributed by atoms with Crippen LogP contribution in [0.2, 0.25) is 0 Å². The molecule has 0 aliphatic carbocycles. The van der Waals surface area contributed by atoms with E-state index < -0.39 is 0 Å². The zero-order chi connectivity index (χ0) is 17.2. The minimum atomic E-state index is -0.120. The summed E-state index contributed by atoms with van der Waals surface area (Å²) in [5.41, 5.74) is 2.72. The molecular weight excluding hydrogens is 316 g/mol. The van der Waals surface area contributed by atoms with E-state index in [4.69, 9.17) is 4.74 Å². The molecule has 6 heteroatoms. The maximum absolute atomic E-state index is 12.9. The van der Waals surface area contributed by atoms with E-state index in [0.717, 1.165) is 27.8 Å². The number of hydrogen-bond donors (Lipinski definition) is 1. The van der Waals surface area contributed by atoms with Crippen molar-refractivity contribution in [2.24, 2.45) is 0 Å². The number of hydrogen-bond acceptors (Lipinski definition) is 4. The second-order valence-corrected chi connectivity index (χ2v) is 5.75. The quantitative estimate of drug-likeness (QED) is 0.624. The lowest BCUT2D eigenvalue weighted by Gasteiger charge is -2.08. The first-order valence-electron chi connectivity index (χ1n) is 7.86. The maximum atomic E-state index is 12.9. The van der Waals surface area contributed by atoms with Gasteiger partial charge in [0.05, 0.1) is 31.4 Å². The van der Waals surface area contributed by atoms with Crippen LogP contribution in [-0.2, 0) is 6.54 Å². The standard InChI is InChI=1S/C19H16N4O2/c1-25-17-4-2-3-13(7-17)12-23-19(24)18-8-14(16-9-20-21-10-16)5-6-15(18)11-22-23/h2-11H,12H2,1H3,(H,20,21). The molecule has 0 aliphatic rings. The van der Waals surface area contributed by atoms with Gasteiger partial charge in [-0.2, -0.15) is 10.2 Å². The number of aromatic nitrogens is 4. The third-order valence-electron chi connectivity index (χ3n) is 4.15. The summed E-state index contributed by atoms with van der Waals surface area (Å²) in [5.74, 6) is 0.758. The highest BCUT2D eigenvalue weighted by atomic mass is 16.5. The lowest BCUT2D eigenvalue weighted by molar-refractivity contribution is 0.414. The molecule has 4 rings (SSSR count). The predicted molar refractivity (Wildman–Crippen MR) is 95.7 cm³/mol. The van der Waals surface area contributed by atoms with Crippen LogP contribution < -0.4 is 10.3 Å². The van der Waals surface area contributed by atoms with E-state index in [9.17, 15) is 4.79 Å². The molecule has 0 radical (unpaired) electrons. The van der Waals surface area contributed by atoms with Gasteiger partial charge in [-0.1, -0.05) is 24.3 Å². The van der Waals surface area contributed by atoms with Crippen molar-refractivity contribution < 1.29 is 4.74 Å². The van der Waals surface area contributed by atoms with Gasteiger partial charge in [-0.3, -0.25) is 9.89 Å². The van der Waals surface area contributed by atoms with Crippen LogP contribution in [-0.4, -0.2) is 27.1 Å². The molecule has 0 amide bonds. The van der Waals surface area contributed by atoms with Crippen molar-refractivity contribution in [2.45, 2.75) is 6.54 Å². The molecule has 0 unspecified atom stereocenters. The Kier molecular flexibility index (Phi) is 3.78. The van der Waals surface area contributed by atoms with Crippen molar-refractivity contribution in [1.29, 1.82) is 0 Å². The molecule has 0 saturated carbocycles. The smallest absolute Gasteiger partial charge is 0.274 e. The van der Waals surface area contributed by atoms with E-state index in [1.807, 2.05) is 42.5 Å². The summed E-state index contributed by atoms with van der Waals surface area (Å²) in [6.07, 6.45) is 5.25. The summed E-state index contributed by atoms with van der Waals surface area (Å²) in [6.45, 7) is 0.391. The molecule has 25 heavy (non-hydrogen) atoms. The first kappa shape index (κ1) is 15.1. The number of rotatable bonds is 4. The van der Waals surface area contributed by atoms with E-state index >= 15 is 0 Å². The third-order valence-corrected chi connectivity index (χ3v) is 4.15. The van der Waals surface area contributed by atoms with Crippen molar-refractivity contribution in [1.82, 2.24) is 20.0 Å². The van der Waals surface area contributed by atoms with Gasteiger partial charge in [-0.05, 0) is 29.3 Å². The molecule has 2 aromatic heterocycles. The summed E-state index contributed by atoms with van der Waals surface area (Å²) in [7, 11) is 1.62. The molecule has 0 aliphatic heterocycles. The molecular formula is C19H16N4O2. The fraction of sp³-hybridized carbons (Fsp3) is 0.105. The molecule has 0 bridgehead atoms. The Hall–Kier alpha value is -3.41. The first-order chi connectivity index (χ1) is 12.2. The summed E-state index contributed by atoms with van der Waals surface area (Å²) < 4.78 is 6.70. The number of nitrogens with one attached hydrogen (secondary N) is 1. The number of H-pyrrole nitrogens is 1. The van der Waals surface area contributed by atoms with Gasteiger partial charge in [-0.15, -0.1) is 0 Å². The summed E-state index contributed by atoms with van der Waals surface area (Å²) in [5, 5.41) is 12.5. The monoisotopic (exact) mass is 332 g/mol. The van der Waals surface area contributed by atoms with Crippen molar-refractivity contribution >= 4 is 10.8 Å². The fourth-order valence-corrected chi connectivity index (χ4v) is 2.82. The number of aromatic amines is 1. The van der Waals surface area contributed by atoms with Gasteiger partial charge in [0, 0.05) is 17.1 Å². The summed E-state index contributed by atoms with van der Waals surface area (Å²) >= 11 is 0. The van der Waals surface area contributed by atoms with Crippen LogP contribution in [0.5, 0.6) is 5.75 Å². The second kappa shape index (κ2) is 6.24. The second-order valence-electron chi connectivity index (χ2n) is 5.75. The minimum absolute atomic E-state index is 0.120. The molecule has 2 aromatic carbocycles. The van der Waals surface area contributed by atoms with E-state index in [0.29, 0.717) is 11.9 Å². The summed E-state index contributed by atoms with van der Waals surface area (Å²) in [6, 6.07) is 13.4. The fourth-order valence-electron chi connectivity index (χ4n) is 2.82. The van der Waals surface area contributed by atoms with Gasteiger partial charge >= 0.3 is 0 Å². The van der Waals surface area contributed by atoms with Crippen LogP contribution in [0.25, 0.3) is 21.9 Å². The Balaban J connectivity index is 1.77. The lowest BCUT2D eigenvalue weighted by atomic mass is 10.1. The van der Waals surface area contributed by atoms with Gasteiger partial charge in [-0.25, -0.2) is 4.68 Å². The highest BCUT2D eigenvalue weighted by Crippen LogP contribution is 2.21. The van der Waals surface area contributed by atoms with Crippen molar-refractivity contribution in [3.8, 4) is 16.9 Å². The topological polar surface area (TPSA) is 72.8 Å². The largest absolute Gasteiger partial charge is 0.497 e. The molecule has 0 fully saturated rings. The maximum Gasteiger partial charge on any atom is 0.274 e. The van der Waals surface area contributed by atoms with Crippen molar-refractivity contribution in [3.05, 3.63) is 77.0 Å². The average Bonchev–Trinajstić information content (AvgIpc) is 3.19. The van der Waals surface area contributed by atoms with Crippen LogP contribution in [0.1, 0.15) is 5.56 Å². The molecule has 0 spiro atoms. The van der Waals surface area contributed by atoms with Crippen LogP contribution in [0, 0.1) is 0 Å². The highest BCUT2D eigenvalue weighted by Gasteiger charge is 2.08. The minimum Gasteiger partial charge on any atom is -0.497 e. The van der Waals surface area contributed by atoms with Gasteiger partial charge in [0.1, 0.15) is 5.75 Å². The average molecular weight is 332 g/mol. The van der Waals surface area contributed by atoms with Crippen LogP contribution >= 0.6 is 0 Å². The molecule has 6 nitrogen and oxygen atoms in total. The molecule has 1 N–H and O–H groups in total. The van der Waals surface area contributed by atoms with Gasteiger partial charge in [0.15, 0.2) is 0 Å². The SMILES string of the molecule is COc1cccc(Cn2ncc3ccc(-c4cn[nH]c4)cc3c2=O)c1. The normalized spacial score (nSPS) is 10.9. The molecule has 2 heterocycles. The van der Waals surface area contributed by atoms with Gasteiger partial charge in [0.2, 0.25) is 0 Å². The number of methoxy groups -OCH3 is 1. The van der Waals surface area contributed by atoms with E-state index in [1.165, 1.54) is 4.68 Å². The Bertz CT molecular complexity index is 1080. The molecule has 0 saturated heterocycles. The molecule has 0 atom stereocenters. The molecule has 4 aromatic rings. The van der Waals surface area contributed by atoms with Gasteiger partial charge in [0.25, 0.3) is 5.56 Å². The zero-order valence-electron chi connectivity index (χ0n) is 13.6. The van der Waals surface area contributed by atoms with Crippen molar-refractivity contribution in [2.75, 3.05) is 7.11 Å². The molecule has 124 valence electrons. The predicted octanol–water partition coefficient (Wildman–Crippen LogP) is 2.84. The van der Waals surface area contributed by atoms with Crippen molar-refractivity contribution in [3.63, 3.8) is 0 Å². The Morgan fingerprint density at radius 3 is 2.84 bits per heavy atom. The Labute approximate surface area is 143 Å². The van der Waals surface area contributed by atoms with Crippen LogP contribution in [0.3, 0.4) is 0 Å². The highest BCUT2D eigenvalue weighted by molar-refractivity contribution is 5.85. The third kappa shape index (κ3) is 2.89. The first-order valence-corrected chi connectivity index (χ1v) is 7.86. The Morgan fingerprint density at radius 1 is 1.12 bits per heavy atom. The summed E-state index contributed by atoms with van der Waals surface area (Å²) in [4.78, 5) is 12.9. The van der Waals surface area contributed by atoms with Crippen LogP contribution in [0.15, 0.2) is 65.8 Å². The van der Waals surface area contributed by atoms with Gasteiger partial charge < -0.3 is 4.74 Å². The Morgan fingerprint density at radius 2 is 2.04 bits per heavy atom. The van der Waals surface area contributed by atoms with E-state index in [2.05, 4.69) is 15.3 Å². The lowest BCUT2D eigenvalue weighted by Crippen LogP contribution is -2.23. The van der Waals surface area contributed by atoms with Crippen LogP contribution in [0.4, 0.5) is 0 Å². The number of benzene rings is 2. The van der Waals surface area contributed by atoms with E-state index in [-0.39, 0.29) is 5.56 Å². The zero-order valence-corrected chi connectivity index (χ0v) is 13.6. The number of fused-ring (bicyclic) bond motifs is 1.